The molecule has 1 spiro atoms. The zero-order valence-corrected chi connectivity index (χ0v) is 22.8. The number of hydrogen-bond donors (Lipinski definition) is 1. The van der Waals surface area contributed by atoms with Crippen LogP contribution in [0.2, 0.25) is 0 Å². The molecule has 4 heterocycles. The van der Waals surface area contributed by atoms with E-state index in [-0.39, 0.29) is 41.5 Å². The Morgan fingerprint density at radius 1 is 1.00 bits per heavy atom. The molecule has 2 fully saturated rings. The van der Waals surface area contributed by atoms with Crippen LogP contribution in [0.15, 0.2) is 54.6 Å². The van der Waals surface area contributed by atoms with Gasteiger partial charge in [0.2, 0.25) is 17.7 Å². The minimum atomic E-state index is -0.856. The summed E-state index contributed by atoms with van der Waals surface area (Å²) in [5, 5.41) is 10.2. The molecular weight excluding hydrogens is 486 g/mol. The average molecular weight is 524 g/mol. The molecule has 0 saturated carbocycles. The van der Waals surface area contributed by atoms with Crippen molar-refractivity contribution in [3.05, 3.63) is 60.2 Å². The number of rotatable bonds is 6. The van der Waals surface area contributed by atoms with Crippen molar-refractivity contribution < 1.29 is 19.5 Å². The summed E-state index contributed by atoms with van der Waals surface area (Å²) in [5.41, 5.74) is 1.04. The van der Waals surface area contributed by atoms with Gasteiger partial charge in [-0.1, -0.05) is 68.5 Å². The first kappa shape index (κ1) is 26.0. The summed E-state index contributed by atoms with van der Waals surface area (Å²) in [6.45, 7) is 9.08. The predicted molar refractivity (Wildman–Crippen MR) is 144 cm³/mol. The zero-order valence-electron chi connectivity index (χ0n) is 22.0. The van der Waals surface area contributed by atoms with Crippen molar-refractivity contribution in [2.75, 3.05) is 19.7 Å². The Morgan fingerprint density at radius 2 is 1.73 bits per heavy atom. The first-order valence-corrected chi connectivity index (χ1v) is 14.2. The first-order chi connectivity index (χ1) is 17.7. The third-order valence-electron chi connectivity index (χ3n) is 8.36. The molecule has 6 atom stereocenters. The van der Waals surface area contributed by atoms with Crippen LogP contribution in [0.25, 0.3) is 0 Å². The summed E-state index contributed by atoms with van der Waals surface area (Å²) in [6.07, 6.45) is 8.13. The van der Waals surface area contributed by atoms with Crippen molar-refractivity contribution in [2.45, 2.75) is 62.4 Å². The number of hydrogen-bond acceptors (Lipinski definition) is 5. The molecule has 5 rings (SSSR count). The van der Waals surface area contributed by atoms with Crippen LogP contribution in [0.3, 0.4) is 0 Å². The molecule has 198 valence electrons. The highest BCUT2D eigenvalue weighted by molar-refractivity contribution is 8.02. The van der Waals surface area contributed by atoms with Crippen molar-refractivity contribution in [1.82, 2.24) is 14.7 Å². The van der Waals surface area contributed by atoms with Crippen LogP contribution in [0.4, 0.5) is 0 Å². The van der Waals surface area contributed by atoms with Crippen LogP contribution in [0.5, 0.6) is 0 Å². The molecule has 0 bridgehead atoms. The zero-order chi connectivity index (χ0) is 26.5. The maximum Gasteiger partial charge on any atom is 0.247 e. The van der Waals surface area contributed by atoms with Crippen molar-refractivity contribution in [3.63, 3.8) is 0 Å². The van der Waals surface area contributed by atoms with Gasteiger partial charge >= 0.3 is 0 Å². The fourth-order valence-electron chi connectivity index (χ4n) is 6.53. The Hall–Kier alpha value is -2.58. The molecule has 4 aliphatic rings. The Balaban J connectivity index is 1.59. The lowest BCUT2D eigenvalue weighted by molar-refractivity contribution is -0.148. The number of benzene rings is 1. The minimum absolute atomic E-state index is 0.0327. The highest BCUT2D eigenvalue weighted by Gasteiger charge is 2.71. The van der Waals surface area contributed by atoms with Gasteiger partial charge < -0.3 is 19.8 Å². The van der Waals surface area contributed by atoms with Crippen LogP contribution in [-0.2, 0) is 20.9 Å². The number of carbonyl (C=O) groups is 3. The smallest absolute Gasteiger partial charge is 0.247 e. The minimum Gasteiger partial charge on any atom is -0.394 e. The second kappa shape index (κ2) is 9.95. The predicted octanol–water partition coefficient (Wildman–Crippen LogP) is 2.71. The normalized spacial score (nSPS) is 32.1. The number of nitrogens with zero attached hydrogens (tertiary/aromatic N) is 3. The van der Waals surface area contributed by atoms with Crippen molar-refractivity contribution in [1.29, 1.82) is 0 Å². The maximum atomic E-state index is 14.4. The highest BCUT2D eigenvalue weighted by Crippen LogP contribution is 2.61. The van der Waals surface area contributed by atoms with Gasteiger partial charge in [0.15, 0.2) is 0 Å². The van der Waals surface area contributed by atoms with E-state index in [9.17, 15) is 19.5 Å². The second-order valence-electron chi connectivity index (χ2n) is 11.2. The van der Waals surface area contributed by atoms with Gasteiger partial charge in [-0.15, -0.1) is 11.8 Å². The molecular formula is C29H37N3O4S. The van der Waals surface area contributed by atoms with E-state index in [0.29, 0.717) is 19.6 Å². The fraction of sp³-hybridized carbons (Fsp3) is 0.552. The average Bonchev–Trinajstić information content (AvgIpc) is 3.18. The van der Waals surface area contributed by atoms with Gasteiger partial charge in [-0.05, 0) is 25.3 Å². The SMILES string of the molecule is CC(C)[C@H](CO)N1C(=O)[C@@H]2[C@H]3C(=O)N(Cc4ccccc4)CC=C[C@H]3S[C@@]23C=CCN(C(C)C)C(=O)C13. The monoisotopic (exact) mass is 523 g/mol. The summed E-state index contributed by atoms with van der Waals surface area (Å²) in [5.74, 6) is -1.61. The number of aliphatic hydroxyl groups is 1. The number of aliphatic hydroxyl groups excluding tert-OH is 1. The number of likely N-dealkylation sites (tertiary alicyclic amines) is 1. The summed E-state index contributed by atoms with van der Waals surface area (Å²) in [6, 6.07) is 8.59. The van der Waals surface area contributed by atoms with E-state index < -0.39 is 28.7 Å². The van der Waals surface area contributed by atoms with Gasteiger partial charge in [0.25, 0.3) is 0 Å². The Kier molecular flexibility index (Phi) is 7.00. The van der Waals surface area contributed by atoms with E-state index in [1.54, 1.807) is 16.7 Å². The van der Waals surface area contributed by atoms with E-state index in [0.717, 1.165) is 5.56 Å². The van der Waals surface area contributed by atoms with Crippen molar-refractivity contribution >= 4 is 29.5 Å². The highest BCUT2D eigenvalue weighted by atomic mass is 32.2. The Morgan fingerprint density at radius 3 is 2.38 bits per heavy atom. The molecule has 0 aromatic heterocycles. The largest absolute Gasteiger partial charge is 0.394 e. The lowest BCUT2D eigenvalue weighted by Gasteiger charge is -2.40. The maximum absolute atomic E-state index is 14.4. The third-order valence-corrected chi connectivity index (χ3v) is 10.1. The van der Waals surface area contributed by atoms with E-state index in [2.05, 4.69) is 6.08 Å². The van der Waals surface area contributed by atoms with Gasteiger partial charge in [0, 0.05) is 30.9 Å². The van der Waals surface area contributed by atoms with E-state index in [1.165, 1.54) is 0 Å². The van der Waals surface area contributed by atoms with Crippen LogP contribution in [-0.4, -0.2) is 85.3 Å². The second-order valence-corrected chi connectivity index (χ2v) is 12.7. The molecule has 1 N–H and O–H groups in total. The molecule has 1 aromatic rings. The molecule has 37 heavy (non-hydrogen) atoms. The molecule has 2 saturated heterocycles. The molecule has 4 aliphatic heterocycles. The van der Waals surface area contributed by atoms with Crippen molar-refractivity contribution in [3.8, 4) is 0 Å². The lowest BCUT2D eigenvalue weighted by atomic mass is 9.78. The van der Waals surface area contributed by atoms with E-state index >= 15 is 0 Å². The standard InChI is InChI=1S/C29H37N3O4S/c1-18(2)21(17-33)32-25-28(36)31(19(3)4)15-9-13-29(25)24(27(32)35)23-22(37-29)12-8-14-30(26(23)34)16-20-10-6-5-7-11-20/h5-13,18-19,21-25,33H,14-17H2,1-4H3/t21-,22+,23-,24-,25?,29-/m0/s1. The molecule has 0 aliphatic carbocycles. The van der Waals surface area contributed by atoms with E-state index in [1.807, 2.05) is 86.1 Å². The molecule has 1 aromatic carbocycles. The number of carbonyl (C=O) groups excluding carboxylic acids is 3. The molecule has 7 nitrogen and oxygen atoms in total. The van der Waals surface area contributed by atoms with Crippen molar-refractivity contribution in [2.24, 2.45) is 17.8 Å². The lowest BCUT2D eigenvalue weighted by Crippen LogP contribution is -2.58. The molecule has 3 amide bonds. The first-order valence-electron chi connectivity index (χ1n) is 13.3. The summed E-state index contributed by atoms with van der Waals surface area (Å²) >= 11 is 1.59. The number of fused-ring (bicyclic) bond motifs is 2. The van der Waals surface area contributed by atoms with Gasteiger partial charge in [-0.2, -0.15) is 0 Å². The van der Waals surface area contributed by atoms with Gasteiger partial charge in [-0.25, -0.2) is 0 Å². The van der Waals surface area contributed by atoms with Crippen LogP contribution in [0, 0.1) is 17.8 Å². The molecule has 8 heteroatoms. The van der Waals surface area contributed by atoms with Crippen LogP contribution >= 0.6 is 11.8 Å². The van der Waals surface area contributed by atoms with Gasteiger partial charge in [-0.3, -0.25) is 14.4 Å². The summed E-state index contributed by atoms with van der Waals surface area (Å²) in [7, 11) is 0. The van der Waals surface area contributed by atoms with Crippen LogP contribution < -0.4 is 0 Å². The van der Waals surface area contributed by atoms with Gasteiger partial charge in [0.1, 0.15) is 6.04 Å². The summed E-state index contributed by atoms with van der Waals surface area (Å²) < 4.78 is -0.856. The van der Waals surface area contributed by atoms with Gasteiger partial charge in [0.05, 0.1) is 29.2 Å². The number of thioether (sulfide) groups is 1. The quantitative estimate of drug-likeness (QED) is 0.580. The topological polar surface area (TPSA) is 81.2 Å². The Bertz CT molecular complexity index is 1120. The molecule has 1 unspecified atom stereocenters. The fourth-order valence-corrected chi connectivity index (χ4v) is 8.53. The third kappa shape index (κ3) is 4.13. The molecule has 0 radical (unpaired) electrons. The number of amides is 3. The summed E-state index contributed by atoms with van der Waals surface area (Å²) in [4.78, 5) is 47.9. The van der Waals surface area contributed by atoms with Crippen LogP contribution in [0.1, 0.15) is 33.3 Å². The Labute approximate surface area is 223 Å². The van der Waals surface area contributed by atoms with E-state index in [4.69, 9.17) is 0 Å².